The van der Waals surface area contributed by atoms with E-state index in [0.717, 1.165) is 5.69 Å². The van der Waals surface area contributed by atoms with Crippen LogP contribution < -0.4 is 0 Å². The van der Waals surface area contributed by atoms with Gasteiger partial charge in [-0.3, -0.25) is 0 Å². The van der Waals surface area contributed by atoms with Crippen molar-refractivity contribution in [3.8, 4) is 55.9 Å². The molecular weight excluding hydrogens is 701 g/mol. The highest BCUT2D eigenvalue weighted by molar-refractivity contribution is 6.17. The molecule has 2 nitrogen and oxygen atoms in total. The lowest BCUT2D eigenvalue weighted by molar-refractivity contribution is 1.18. The molecule has 1 aliphatic rings. The Balaban J connectivity index is 0.913. The van der Waals surface area contributed by atoms with Crippen LogP contribution in [0.2, 0.25) is 0 Å². The van der Waals surface area contributed by atoms with Gasteiger partial charge in [0.25, 0.3) is 0 Å². The highest BCUT2D eigenvalue weighted by atomic mass is 15.0. The van der Waals surface area contributed by atoms with Gasteiger partial charge >= 0.3 is 0 Å². The zero-order valence-corrected chi connectivity index (χ0v) is 31.5. The first kappa shape index (κ1) is 31.5. The number of fused-ring (bicyclic) bond motifs is 10. The predicted octanol–water partition coefficient (Wildman–Crippen LogP) is 15.2. The summed E-state index contributed by atoms with van der Waals surface area (Å²) in [7, 11) is 0. The van der Waals surface area contributed by atoms with Crippen LogP contribution in [0.4, 0.5) is 0 Å². The van der Waals surface area contributed by atoms with Crippen LogP contribution in [-0.4, -0.2) is 9.13 Å². The standard InChI is InChI=1S/C56H34N2/c1-2-11-37-31-43(27-22-35(37)10-1)58-53-19-8-6-16-47(53)50-33-39(24-29-55(50)58)38-23-28-54-49(32-38)46-15-5-7-18-52(46)57(54)42-25-20-36(21-26-42)41-30-40-12-9-17-48-44-13-3-4-14-45(44)51(34-41)56(40)48/h1-34H. The quantitative estimate of drug-likeness (QED) is 0.170. The predicted molar refractivity (Wildman–Crippen MR) is 245 cm³/mol. The maximum atomic E-state index is 2.42. The van der Waals surface area contributed by atoms with Crippen molar-refractivity contribution in [3.05, 3.63) is 206 Å². The molecule has 0 saturated heterocycles. The van der Waals surface area contributed by atoms with Gasteiger partial charge in [-0.2, -0.15) is 0 Å². The molecule has 0 spiro atoms. The minimum absolute atomic E-state index is 1.16. The van der Waals surface area contributed by atoms with E-state index in [1.54, 1.807) is 0 Å². The average molecular weight is 735 g/mol. The van der Waals surface area contributed by atoms with E-state index in [9.17, 15) is 0 Å². The minimum atomic E-state index is 1.16. The first-order valence-corrected chi connectivity index (χ1v) is 20.1. The van der Waals surface area contributed by atoms with Gasteiger partial charge in [0.05, 0.1) is 22.1 Å². The summed E-state index contributed by atoms with van der Waals surface area (Å²) in [6.45, 7) is 0. The van der Waals surface area contributed by atoms with Crippen molar-refractivity contribution in [3.63, 3.8) is 0 Å². The van der Waals surface area contributed by atoms with Crippen molar-refractivity contribution in [1.82, 2.24) is 9.13 Å². The van der Waals surface area contributed by atoms with Crippen LogP contribution in [0, 0.1) is 0 Å². The summed E-state index contributed by atoms with van der Waals surface area (Å²) in [5.41, 5.74) is 17.4. The van der Waals surface area contributed by atoms with Crippen molar-refractivity contribution in [2.75, 3.05) is 0 Å². The highest BCUT2D eigenvalue weighted by Crippen LogP contribution is 2.48. The molecular formula is C56H34N2. The zero-order valence-electron chi connectivity index (χ0n) is 31.5. The molecule has 2 heterocycles. The Morgan fingerprint density at radius 2 is 0.759 bits per heavy atom. The van der Waals surface area contributed by atoms with Crippen LogP contribution >= 0.6 is 0 Å². The fourth-order valence-corrected chi connectivity index (χ4v) is 9.96. The van der Waals surface area contributed by atoms with Gasteiger partial charge in [-0.15, -0.1) is 0 Å². The molecule has 0 radical (unpaired) electrons. The fourth-order valence-electron chi connectivity index (χ4n) is 9.96. The number of aromatic nitrogens is 2. The molecule has 0 aliphatic heterocycles. The van der Waals surface area contributed by atoms with Crippen LogP contribution in [0.1, 0.15) is 0 Å². The topological polar surface area (TPSA) is 9.86 Å². The Labute approximate surface area is 335 Å². The third kappa shape index (κ3) is 4.48. The van der Waals surface area contributed by atoms with Crippen LogP contribution in [0.5, 0.6) is 0 Å². The molecule has 0 bridgehead atoms. The van der Waals surface area contributed by atoms with Gasteiger partial charge in [0, 0.05) is 32.9 Å². The van der Waals surface area contributed by atoms with Crippen molar-refractivity contribution >= 4 is 65.2 Å². The minimum Gasteiger partial charge on any atom is -0.309 e. The summed E-state index contributed by atoms with van der Waals surface area (Å²) in [5, 5.41) is 10.2. The SMILES string of the molecule is c1ccc2c(c1)-c1cccc3cc(-c4ccc(-n5c6ccccc6c6cc(-c7ccc8c(c7)c7ccccc7n8-c7ccc8ccccc8c7)ccc65)cc4)cc-2c13. The molecule has 0 saturated carbocycles. The third-order valence-electron chi connectivity index (χ3n) is 12.6. The molecule has 2 aromatic heterocycles. The normalized spacial score (nSPS) is 12.1. The maximum Gasteiger partial charge on any atom is 0.0541 e. The molecule has 0 unspecified atom stereocenters. The molecule has 268 valence electrons. The average Bonchev–Trinajstić information content (AvgIpc) is 3.92. The van der Waals surface area contributed by atoms with Gasteiger partial charge in [0.1, 0.15) is 0 Å². The monoisotopic (exact) mass is 734 g/mol. The summed E-state index contributed by atoms with van der Waals surface area (Å²) < 4.78 is 4.83. The van der Waals surface area contributed by atoms with Crippen LogP contribution in [0.15, 0.2) is 206 Å². The molecule has 2 heteroatoms. The third-order valence-corrected chi connectivity index (χ3v) is 12.6. The van der Waals surface area contributed by atoms with Crippen LogP contribution in [0.25, 0.3) is 121 Å². The first-order chi connectivity index (χ1) is 28.7. The number of rotatable bonds is 4. The molecule has 0 N–H and O–H groups in total. The summed E-state index contributed by atoms with van der Waals surface area (Å²) >= 11 is 0. The van der Waals surface area contributed by atoms with Crippen molar-refractivity contribution in [2.24, 2.45) is 0 Å². The summed E-state index contributed by atoms with van der Waals surface area (Å²) in [5.74, 6) is 0. The van der Waals surface area contributed by atoms with Gasteiger partial charge < -0.3 is 9.13 Å². The second-order valence-electron chi connectivity index (χ2n) is 15.7. The lowest BCUT2D eigenvalue weighted by Crippen LogP contribution is -1.94. The Bertz CT molecular complexity index is 3670. The Morgan fingerprint density at radius 1 is 0.241 bits per heavy atom. The summed E-state index contributed by atoms with van der Waals surface area (Å²) in [4.78, 5) is 0. The number of hydrogen-bond acceptors (Lipinski definition) is 0. The molecule has 13 rings (SSSR count). The summed E-state index contributed by atoms with van der Waals surface area (Å²) in [6.07, 6.45) is 0. The second kappa shape index (κ2) is 11.9. The summed E-state index contributed by atoms with van der Waals surface area (Å²) in [6, 6.07) is 76.3. The van der Waals surface area contributed by atoms with E-state index in [1.807, 2.05) is 0 Å². The molecule has 0 fully saturated rings. The van der Waals surface area contributed by atoms with Gasteiger partial charge in [-0.25, -0.2) is 0 Å². The Kier molecular flexibility index (Phi) is 6.47. The Hall–Kier alpha value is -7.68. The van der Waals surface area contributed by atoms with E-state index in [4.69, 9.17) is 0 Å². The van der Waals surface area contributed by atoms with E-state index in [0.29, 0.717) is 0 Å². The largest absolute Gasteiger partial charge is 0.309 e. The number of para-hydroxylation sites is 2. The van der Waals surface area contributed by atoms with E-state index < -0.39 is 0 Å². The van der Waals surface area contributed by atoms with Gasteiger partial charge in [0.15, 0.2) is 0 Å². The molecule has 12 aromatic rings. The van der Waals surface area contributed by atoms with Crippen LogP contribution in [0.3, 0.4) is 0 Å². The maximum absolute atomic E-state index is 2.42. The van der Waals surface area contributed by atoms with Gasteiger partial charge in [-0.05, 0) is 139 Å². The van der Waals surface area contributed by atoms with Crippen molar-refractivity contribution in [2.45, 2.75) is 0 Å². The van der Waals surface area contributed by atoms with Crippen molar-refractivity contribution < 1.29 is 0 Å². The van der Waals surface area contributed by atoms with Gasteiger partial charge in [-0.1, -0.05) is 133 Å². The molecule has 0 atom stereocenters. The van der Waals surface area contributed by atoms with E-state index in [1.165, 1.54) is 115 Å². The van der Waals surface area contributed by atoms with Gasteiger partial charge in [0.2, 0.25) is 0 Å². The lowest BCUT2D eigenvalue weighted by atomic mass is 9.96. The number of nitrogens with zero attached hydrogens (tertiary/aromatic N) is 2. The first-order valence-electron chi connectivity index (χ1n) is 20.1. The molecule has 58 heavy (non-hydrogen) atoms. The smallest absolute Gasteiger partial charge is 0.0541 e. The lowest BCUT2D eigenvalue weighted by Gasteiger charge is -2.11. The highest BCUT2D eigenvalue weighted by Gasteiger charge is 2.22. The number of hydrogen-bond donors (Lipinski definition) is 0. The van der Waals surface area contributed by atoms with E-state index in [-0.39, 0.29) is 0 Å². The molecule has 1 aliphatic carbocycles. The Morgan fingerprint density at radius 3 is 1.47 bits per heavy atom. The van der Waals surface area contributed by atoms with E-state index in [2.05, 4.69) is 215 Å². The number of benzene rings is 10. The molecule has 0 amide bonds. The molecule has 10 aromatic carbocycles. The zero-order chi connectivity index (χ0) is 37.9. The fraction of sp³-hybridized carbons (Fsp3) is 0. The van der Waals surface area contributed by atoms with Crippen molar-refractivity contribution in [1.29, 1.82) is 0 Å². The van der Waals surface area contributed by atoms with E-state index >= 15 is 0 Å². The second-order valence-corrected chi connectivity index (χ2v) is 15.7. The van der Waals surface area contributed by atoms with Crippen LogP contribution in [-0.2, 0) is 0 Å².